The molecule has 9 nitrogen and oxygen atoms in total. The summed E-state index contributed by atoms with van der Waals surface area (Å²) in [6.07, 6.45) is 1.61. The number of nitrogens with one attached hydrogen (secondary N) is 2. The number of rotatable bonds is 6. The molecule has 0 spiro atoms. The molecule has 0 amide bonds. The normalized spacial score (nSPS) is 12.3. The second-order valence-corrected chi connectivity index (χ2v) is 7.26. The quantitative estimate of drug-likeness (QED) is 0.412. The molecule has 0 saturated carbocycles. The highest BCUT2D eigenvalue weighted by molar-refractivity contribution is 9.10. The fourth-order valence-electron chi connectivity index (χ4n) is 2.52. The van der Waals surface area contributed by atoms with E-state index in [1.54, 1.807) is 23.2 Å². The number of fused-ring (bicyclic) bond motifs is 1. The van der Waals surface area contributed by atoms with Gasteiger partial charge in [0.25, 0.3) is 0 Å². The molecule has 2 heterocycles. The molecule has 2 N–H and O–H groups in total. The maximum Gasteiger partial charge on any atom is 0.250 e. The van der Waals surface area contributed by atoms with Gasteiger partial charge in [0.15, 0.2) is 11.5 Å². The van der Waals surface area contributed by atoms with Gasteiger partial charge in [0, 0.05) is 29.8 Å². The third-order valence-electron chi connectivity index (χ3n) is 3.98. The zero-order valence-electron chi connectivity index (χ0n) is 16.1. The van der Waals surface area contributed by atoms with Crippen LogP contribution in [0, 0.1) is 5.82 Å². The summed E-state index contributed by atoms with van der Waals surface area (Å²) < 4.78 is 24.7. The Morgan fingerprint density at radius 2 is 1.77 bits per heavy atom. The van der Waals surface area contributed by atoms with E-state index >= 15 is 0 Å². The predicted molar refractivity (Wildman–Crippen MR) is 115 cm³/mol. The number of nitrogens with zero attached hydrogens (tertiary/aromatic N) is 5. The fourth-order valence-corrected chi connectivity index (χ4v) is 2.95. The van der Waals surface area contributed by atoms with E-state index in [9.17, 15) is 4.39 Å². The highest BCUT2D eigenvalue weighted by Crippen LogP contribution is 2.36. The second kappa shape index (κ2) is 8.49. The van der Waals surface area contributed by atoms with Crippen molar-refractivity contribution in [2.24, 2.45) is 5.10 Å². The summed E-state index contributed by atoms with van der Waals surface area (Å²) in [7, 11) is 3.63. The summed E-state index contributed by atoms with van der Waals surface area (Å²) in [4.78, 5) is 14.7. The van der Waals surface area contributed by atoms with E-state index in [-0.39, 0.29) is 18.6 Å². The third kappa shape index (κ3) is 4.57. The molecular formula is C19H17BrFN7O2. The van der Waals surface area contributed by atoms with Gasteiger partial charge in [-0.15, -0.1) is 0 Å². The molecule has 0 aliphatic carbocycles. The van der Waals surface area contributed by atoms with Gasteiger partial charge in [0.05, 0.1) is 6.21 Å². The molecule has 11 heteroatoms. The van der Waals surface area contributed by atoms with Crippen molar-refractivity contribution in [1.82, 2.24) is 15.0 Å². The van der Waals surface area contributed by atoms with Gasteiger partial charge in [0.2, 0.25) is 24.6 Å². The van der Waals surface area contributed by atoms with Crippen LogP contribution in [0.25, 0.3) is 0 Å². The van der Waals surface area contributed by atoms with E-state index < -0.39 is 0 Å². The molecule has 0 saturated heterocycles. The van der Waals surface area contributed by atoms with Crippen LogP contribution in [0.5, 0.6) is 11.5 Å². The van der Waals surface area contributed by atoms with Crippen molar-refractivity contribution in [3.63, 3.8) is 0 Å². The Morgan fingerprint density at radius 1 is 1.07 bits per heavy atom. The molecule has 0 radical (unpaired) electrons. The molecule has 4 rings (SSSR count). The van der Waals surface area contributed by atoms with Crippen molar-refractivity contribution in [3.8, 4) is 11.5 Å². The number of hydrogen-bond donors (Lipinski definition) is 2. The van der Waals surface area contributed by atoms with E-state index in [1.807, 2.05) is 26.2 Å². The SMILES string of the molecule is CN(C)c1nc(N/N=C\c2cc3c(cc2Br)OCO3)nc(Nc2ccc(F)cc2)n1. The Balaban J connectivity index is 1.54. The summed E-state index contributed by atoms with van der Waals surface area (Å²) in [5, 5.41) is 7.24. The Hall–Kier alpha value is -3.47. The summed E-state index contributed by atoms with van der Waals surface area (Å²) >= 11 is 3.48. The van der Waals surface area contributed by atoms with E-state index in [2.05, 4.69) is 46.7 Å². The smallest absolute Gasteiger partial charge is 0.250 e. The average molecular weight is 474 g/mol. The molecule has 1 aromatic heterocycles. The Kier molecular flexibility index (Phi) is 5.61. The number of hydrogen-bond acceptors (Lipinski definition) is 9. The van der Waals surface area contributed by atoms with Crippen LogP contribution in [0.15, 0.2) is 46.0 Å². The molecular weight excluding hydrogens is 457 g/mol. The minimum absolute atomic E-state index is 0.197. The zero-order chi connectivity index (χ0) is 21.1. The van der Waals surface area contributed by atoms with Crippen LogP contribution >= 0.6 is 15.9 Å². The van der Waals surface area contributed by atoms with Gasteiger partial charge >= 0.3 is 0 Å². The van der Waals surface area contributed by atoms with Crippen LogP contribution in [0.2, 0.25) is 0 Å². The van der Waals surface area contributed by atoms with Crippen LogP contribution in [-0.2, 0) is 0 Å². The van der Waals surface area contributed by atoms with E-state index in [0.717, 1.165) is 10.0 Å². The molecule has 30 heavy (non-hydrogen) atoms. The monoisotopic (exact) mass is 473 g/mol. The van der Waals surface area contributed by atoms with Gasteiger partial charge in [-0.1, -0.05) is 0 Å². The first-order chi connectivity index (χ1) is 14.5. The van der Waals surface area contributed by atoms with Gasteiger partial charge in [0.1, 0.15) is 5.82 Å². The molecule has 0 atom stereocenters. The highest BCUT2D eigenvalue weighted by Gasteiger charge is 2.15. The standard InChI is InChI=1S/C19H17BrFN7O2/c1-28(2)19-25-17(23-13-5-3-12(21)4-6-13)24-18(26-19)27-22-9-11-7-15-16(8-14(11)20)30-10-29-15/h3-9H,10H2,1-2H3,(H2,23,24,25,26,27)/b22-9-. The highest BCUT2D eigenvalue weighted by atomic mass is 79.9. The van der Waals surface area contributed by atoms with Gasteiger partial charge in [-0.2, -0.15) is 20.1 Å². The number of benzene rings is 2. The van der Waals surface area contributed by atoms with Crippen molar-refractivity contribution in [2.45, 2.75) is 0 Å². The molecule has 2 aromatic carbocycles. The van der Waals surface area contributed by atoms with Crippen molar-refractivity contribution in [1.29, 1.82) is 0 Å². The van der Waals surface area contributed by atoms with Crippen LogP contribution in [0.1, 0.15) is 5.56 Å². The number of aromatic nitrogens is 3. The Morgan fingerprint density at radius 3 is 2.50 bits per heavy atom. The zero-order valence-corrected chi connectivity index (χ0v) is 17.6. The maximum absolute atomic E-state index is 13.1. The number of hydrazone groups is 1. The fraction of sp³-hybridized carbons (Fsp3) is 0.158. The molecule has 1 aliphatic rings. The first kappa shape index (κ1) is 19.8. The van der Waals surface area contributed by atoms with E-state index in [1.165, 1.54) is 12.1 Å². The Bertz CT molecular complexity index is 1090. The molecule has 0 fully saturated rings. The maximum atomic E-state index is 13.1. The minimum Gasteiger partial charge on any atom is -0.454 e. The summed E-state index contributed by atoms with van der Waals surface area (Å²) in [6.45, 7) is 0.197. The molecule has 0 unspecified atom stereocenters. The van der Waals surface area contributed by atoms with Gasteiger partial charge < -0.3 is 19.7 Å². The average Bonchev–Trinajstić information content (AvgIpc) is 3.17. The minimum atomic E-state index is -0.323. The van der Waals surface area contributed by atoms with Gasteiger partial charge in [-0.3, -0.25) is 0 Å². The topological polar surface area (TPSA) is 96.8 Å². The predicted octanol–water partition coefficient (Wildman–Crippen LogP) is 3.76. The number of ether oxygens (including phenoxy) is 2. The van der Waals surface area contributed by atoms with Crippen LogP contribution in [-0.4, -0.2) is 42.1 Å². The number of anilines is 4. The lowest BCUT2D eigenvalue weighted by Gasteiger charge is -2.13. The number of halogens is 2. The third-order valence-corrected chi connectivity index (χ3v) is 4.67. The van der Waals surface area contributed by atoms with Crippen molar-refractivity contribution in [3.05, 3.63) is 52.3 Å². The van der Waals surface area contributed by atoms with Crippen LogP contribution in [0.4, 0.5) is 27.9 Å². The molecule has 3 aromatic rings. The Labute approximate surface area is 180 Å². The second-order valence-electron chi connectivity index (χ2n) is 6.41. The largest absolute Gasteiger partial charge is 0.454 e. The van der Waals surface area contributed by atoms with Crippen molar-refractivity contribution >= 4 is 45.7 Å². The van der Waals surface area contributed by atoms with E-state index in [0.29, 0.717) is 29.1 Å². The van der Waals surface area contributed by atoms with Gasteiger partial charge in [-0.25, -0.2) is 9.82 Å². The van der Waals surface area contributed by atoms with Crippen molar-refractivity contribution in [2.75, 3.05) is 36.5 Å². The van der Waals surface area contributed by atoms with Gasteiger partial charge in [-0.05, 0) is 52.3 Å². The summed E-state index contributed by atoms with van der Waals surface area (Å²) in [5.74, 6) is 1.97. The van der Waals surface area contributed by atoms with Crippen LogP contribution < -0.4 is 25.1 Å². The molecule has 1 aliphatic heterocycles. The lowest BCUT2D eigenvalue weighted by molar-refractivity contribution is 0.174. The first-order valence-corrected chi connectivity index (χ1v) is 9.61. The van der Waals surface area contributed by atoms with Crippen molar-refractivity contribution < 1.29 is 13.9 Å². The molecule has 0 bridgehead atoms. The first-order valence-electron chi connectivity index (χ1n) is 8.82. The lowest BCUT2D eigenvalue weighted by Crippen LogP contribution is -2.15. The molecule has 154 valence electrons. The van der Waals surface area contributed by atoms with Crippen LogP contribution in [0.3, 0.4) is 0 Å². The van der Waals surface area contributed by atoms with E-state index in [4.69, 9.17) is 9.47 Å². The lowest BCUT2D eigenvalue weighted by atomic mass is 10.2. The summed E-state index contributed by atoms with van der Waals surface area (Å²) in [6, 6.07) is 9.53. The summed E-state index contributed by atoms with van der Waals surface area (Å²) in [5.41, 5.74) is 4.24.